The van der Waals surface area contributed by atoms with Crippen LogP contribution in [0.15, 0.2) is 0 Å². The van der Waals surface area contributed by atoms with Crippen LogP contribution in [-0.4, -0.2) is 35.2 Å². The molecule has 0 heterocycles. The van der Waals surface area contributed by atoms with Crippen molar-refractivity contribution in [2.75, 3.05) is 7.05 Å². The largest absolute Gasteiger partial charge is 0.480 e. The predicted molar refractivity (Wildman–Crippen MR) is 73.4 cm³/mol. The summed E-state index contributed by atoms with van der Waals surface area (Å²) in [6.45, 7) is 1.94. The molecule has 4 rings (SSSR count). The lowest BCUT2D eigenvalue weighted by molar-refractivity contribution is -0.145. The van der Waals surface area contributed by atoms with Crippen molar-refractivity contribution in [3.63, 3.8) is 0 Å². The molecule has 0 aliphatic heterocycles. The quantitative estimate of drug-likeness (QED) is 0.748. The summed E-state index contributed by atoms with van der Waals surface area (Å²) in [6, 6.07) is 0.114. The van der Waals surface area contributed by atoms with Gasteiger partial charge in [0.15, 0.2) is 0 Å². The van der Waals surface area contributed by atoms with E-state index >= 15 is 0 Å². The van der Waals surface area contributed by atoms with Gasteiger partial charge in [0.25, 0.3) is 0 Å². The van der Waals surface area contributed by atoms with Gasteiger partial charge in [0, 0.05) is 13.1 Å². The van der Waals surface area contributed by atoms with Crippen molar-refractivity contribution in [2.45, 2.75) is 57.5 Å². The van der Waals surface area contributed by atoms with Crippen LogP contribution in [0.1, 0.15) is 45.4 Å². The van der Waals surface area contributed by atoms with Gasteiger partial charge in [0.1, 0.15) is 6.04 Å². The summed E-state index contributed by atoms with van der Waals surface area (Å²) >= 11 is 0. The highest BCUT2D eigenvalue weighted by Gasteiger charge is 2.48. The van der Waals surface area contributed by atoms with E-state index in [-0.39, 0.29) is 0 Å². The van der Waals surface area contributed by atoms with Crippen LogP contribution >= 0.6 is 0 Å². The predicted octanol–water partition coefficient (Wildman–Crippen LogP) is 2.11. The first-order valence-corrected chi connectivity index (χ1v) is 7.80. The highest BCUT2D eigenvalue weighted by atomic mass is 16.4. The summed E-state index contributed by atoms with van der Waals surface area (Å²) in [6.07, 6.45) is 7.56. The molecule has 0 saturated heterocycles. The van der Waals surface area contributed by atoms with E-state index in [0.717, 1.165) is 23.7 Å². The number of rotatable bonds is 5. The van der Waals surface area contributed by atoms with Crippen molar-refractivity contribution < 1.29 is 9.90 Å². The molecule has 1 atom stereocenters. The molecule has 4 bridgehead atoms. The van der Waals surface area contributed by atoms with E-state index < -0.39 is 12.0 Å². The molecule has 0 amide bonds. The zero-order chi connectivity index (χ0) is 13.6. The Balaban J connectivity index is 1.65. The maximum Gasteiger partial charge on any atom is 0.322 e. The lowest BCUT2D eigenvalue weighted by Gasteiger charge is -2.55. The highest BCUT2D eigenvalue weighted by molar-refractivity contribution is 5.73. The van der Waals surface area contributed by atoms with E-state index in [9.17, 15) is 9.90 Å². The number of hydrogen-bond donors (Lipinski definition) is 2. The Morgan fingerprint density at radius 3 is 2.16 bits per heavy atom. The minimum atomic E-state index is -0.721. The molecule has 4 heteroatoms. The number of aliphatic carboxylic acids is 1. The average Bonchev–Trinajstić information content (AvgIpc) is 2.33. The van der Waals surface area contributed by atoms with Crippen molar-refractivity contribution in [1.82, 2.24) is 10.4 Å². The van der Waals surface area contributed by atoms with Gasteiger partial charge < -0.3 is 5.11 Å². The van der Waals surface area contributed by atoms with Crippen molar-refractivity contribution in [3.8, 4) is 0 Å². The van der Waals surface area contributed by atoms with Crippen molar-refractivity contribution in [1.29, 1.82) is 0 Å². The summed E-state index contributed by atoms with van der Waals surface area (Å²) in [7, 11) is 1.90. The molecule has 108 valence electrons. The van der Waals surface area contributed by atoms with Gasteiger partial charge in [-0.25, -0.2) is 5.01 Å². The van der Waals surface area contributed by atoms with Crippen LogP contribution in [0, 0.1) is 23.7 Å². The number of likely N-dealkylation sites (N-methyl/N-ethyl adjacent to an activating group) is 1. The molecule has 2 N–H and O–H groups in total. The summed E-state index contributed by atoms with van der Waals surface area (Å²) in [5, 5.41) is 11.1. The number of hydrogen-bond acceptors (Lipinski definition) is 3. The molecule has 1 unspecified atom stereocenters. The molecule has 19 heavy (non-hydrogen) atoms. The summed E-state index contributed by atoms with van der Waals surface area (Å²) < 4.78 is 0. The van der Waals surface area contributed by atoms with Crippen molar-refractivity contribution in [2.24, 2.45) is 23.7 Å². The molecule has 4 fully saturated rings. The first-order valence-electron chi connectivity index (χ1n) is 7.80. The van der Waals surface area contributed by atoms with E-state index in [0.29, 0.717) is 12.5 Å². The first-order chi connectivity index (χ1) is 9.08. The fourth-order valence-corrected chi connectivity index (χ4v) is 5.08. The van der Waals surface area contributed by atoms with Crippen LogP contribution in [0.25, 0.3) is 0 Å². The Hall–Kier alpha value is -0.610. The normalized spacial score (nSPS) is 41.7. The van der Waals surface area contributed by atoms with Crippen LogP contribution < -0.4 is 5.43 Å². The van der Waals surface area contributed by atoms with Gasteiger partial charge in [-0.3, -0.25) is 10.2 Å². The number of carboxylic acid groups (broad SMARTS) is 1. The molecule has 4 aliphatic carbocycles. The van der Waals surface area contributed by atoms with E-state index in [2.05, 4.69) is 5.43 Å². The number of nitrogens with zero attached hydrogens (tertiary/aromatic N) is 1. The zero-order valence-electron chi connectivity index (χ0n) is 12.0. The Morgan fingerprint density at radius 1 is 1.21 bits per heavy atom. The Labute approximate surface area is 115 Å². The molecule has 0 aromatic heterocycles. The maximum absolute atomic E-state index is 11.2. The third-order valence-corrected chi connectivity index (χ3v) is 5.72. The molecule has 0 radical (unpaired) electrons. The smallest absolute Gasteiger partial charge is 0.322 e. The van der Waals surface area contributed by atoms with Crippen LogP contribution in [0.4, 0.5) is 0 Å². The molecule has 4 aliphatic rings. The standard InChI is InChI=1S/C15H26N2O2/c1-3-13(15(18)19)17(2)16-14-11-5-9-4-10(7-11)8-12(14)6-9/h9-14,16H,3-8H2,1-2H3,(H,18,19). The Kier molecular flexibility index (Phi) is 3.56. The number of carbonyl (C=O) groups is 1. The third-order valence-electron chi connectivity index (χ3n) is 5.72. The second kappa shape index (κ2) is 5.06. The maximum atomic E-state index is 11.2. The van der Waals surface area contributed by atoms with Gasteiger partial charge in [-0.2, -0.15) is 0 Å². The fraction of sp³-hybridized carbons (Fsp3) is 0.933. The van der Waals surface area contributed by atoms with Gasteiger partial charge in [-0.1, -0.05) is 6.92 Å². The monoisotopic (exact) mass is 266 g/mol. The Bertz CT molecular complexity index is 330. The van der Waals surface area contributed by atoms with E-state index in [1.807, 2.05) is 19.0 Å². The summed E-state index contributed by atoms with van der Waals surface area (Å²) in [4.78, 5) is 11.2. The van der Waals surface area contributed by atoms with Gasteiger partial charge in [-0.15, -0.1) is 0 Å². The topological polar surface area (TPSA) is 52.6 Å². The van der Waals surface area contributed by atoms with E-state index in [1.165, 1.54) is 32.1 Å². The second-order valence-electron chi connectivity index (χ2n) is 6.96. The minimum absolute atomic E-state index is 0.405. The second-order valence-corrected chi connectivity index (χ2v) is 6.96. The van der Waals surface area contributed by atoms with Gasteiger partial charge >= 0.3 is 5.97 Å². The van der Waals surface area contributed by atoms with Gasteiger partial charge in [0.2, 0.25) is 0 Å². The van der Waals surface area contributed by atoms with Gasteiger partial charge in [-0.05, 0) is 62.2 Å². The van der Waals surface area contributed by atoms with Crippen LogP contribution in [-0.2, 0) is 4.79 Å². The molecular weight excluding hydrogens is 240 g/mol. The van der Waals surface area contributed by atoms with Gasteiger partial charge in [0.05, 0.1) is 0 Å². The zero-order valence-corrected chi connectivity index (χ0v) is 12.0. The van der Waals surface area contributed by atoms with Crippen LogP contribution in [0.5, 0.6) is 0 Å². The highest BCUT2D eigenvalue weighted by Crippen LogP contribution is 2.53. The summed E-state index contributed by atoms with van der Waals surface area (Å²) in [5.74, 6) is 2.77. The molecule has 4 saturated carbocycles. The lowest BCUT2D eigenvalue weighted by Crippen LogP contribution is -2.60. The van der Waals surface area contributed by atoms with E-state index in [4.69, 9.17) is 0 Å². The first kappa shape index (κ1) is 13.4. The van der Waals surface area contributed by atoms with E-state index in [1.54, 1.807) is 0 Å². The lowest BCUT2D eigenvalue weighted by atomic mass is 9.54. The van der Waals surface area contributed by atoms with Crippen molar-refractivity contribution in [3.05, 3.63) is 0 Å². The SMILES string of the molecule is CCC(C(=O)O)N(C)NC1C2CC3CC(C2)CC1C3. The third kappa shape index (κ3) is 2.40. The molecular formula is C15H26N2O2. The average molecular weight is 266 g/mol. The fourth-order valence-electron chi connectivity index (χ4n) is 5.08. The van der Waals surface area contributed by atoms with Crippen molar-refractivity contribution >= 4 is 5.97 Å². The molecule has 0 aromatic carbocycles. The number of hydrazine groups is 1. The summed E-state index contributed by atoms with van der Waals surface area (Å²) in [5.41, 5.74) is 3.55. The van der Waals surface area contributed by atoms with Crippen LogP contribution in [0.3, 0.4) is 0 Å². The van der Waals surface area contributed by atoms with Crippen LogP contribution in [0.2, 0.25) is 0 Å². The molecule has 0 aromatic rings. The number of carboxylic acids is 1. The number of nitrogens with one attached hydrogen (secondary N) is 1. The Morgan fingerprint density at radius 2 is 1.74 bits per heavy atom. The molecule has 0 spiro atoms. The minimum Gasteiger partial charge on any atom is -0.480 e. The molecule has 4 nitrogen and oxygen atoms in total.